The molecule has 0 spiro atoms. The van der Waals surface area contributed by atoms with Gasteiger partial charge in [0.1, 0.15) is 5.82 Å². The van der Waals surface area contributed by atoms with Crippen LogP contribution in [0.1, 0.15) is 11.1 Å². The molecule has 5 nitrogen and oxygen atoms in total. The van der Waals surface area contributed by atoms with Crippen LogP contribution in [0.25, 0.3) is 16.8 Å². The first kappa shape index (κ1) is 12.8. The van der Waals surface area contributed by atoms with E-state index < -0.39 is 0 Å². The van der Waals surface area contributed by atoms with Gasteiger partial charge < -0.3 is 5.32 Å². The molecule has 0 radical (unpaired) electrons. The molecule has 6 heteroatoms. The Morgan fingerprint density at radius 3 is 2.77 bits per heavy atom. The van der Waals surface area contributed by atoms with Crippen molar-refractivity contribution < 1.29 is 4.39 Å². The summed E-state index contributed by atoms with van der Waals surface area (Å²) in [5.74, 6) is 1.03. The first-order chi connectivity index (χ1) is 10.7. The minimum atomic E-state index is -0.234. The lowest BCUT2D eigenvalue weighted by atomic mass is 10.2. The highest BCUT2D eigenvalue weighted by Gasteiger charge is 2.09. The zero-order chi connectivity index (χ0) is 15.1. The zero-order valence-electron chi connectivity index (χ0n) is 12.0. The third kappa shape index (κ3) is 2.18. The smallest absolute Gasteiger partial charge is 0.253 e. The van der Waals surface area contributed by atoms with E-state index in [2.05, 4.69) is 20.4 Å². The summed E-state index contributed by atoms with van der Waals surface area (Å²) in [6, 6.07) is 12.5. The Morgan fingerprint density at radius 1 is 1.14 bits per heavy atom. The molecule has 0 aliphatic carbocycles. The summed E-state index contributed by atoms with van der Waals surface area (Å²) in [5.41, 5.74) is 4.06. The average Bonchev–Trinajstić information content (AvgIpc) is 3.03. The molecule has 0 fully saturated rings. The van der Waals surface area contributed by atoms with Crippen molar-refractivity contribution in [1.29, 1.82) is 0 Å². The van der Waals surface area contributed by atoms with Crippen molar-refractivity contribution in [2.75, 3.05) is 5.32 Å². The largest absolute Gasteiger partial charge is 0.351 e. The van der Waals surface area contributed by atoms with E-state index in [1.807, 2.05) is 29.6 Å². The van der Waals surface area contributed by atoms with Gasteiger partial charge in [0.2, 0.25) is 5.95 Å². The van der Waals surface area contributed by atoms with Crippen molar-refractivity contribution in [1.82, 2.24) is 19.6 Å². The molecule has 2 aromatic heterocycles. The van der Waals surface area contributed by atoms with Crippen LogP contribution >= 0.6 is 0 Å². The lowest BCUT2D eigenvalue weighted by Crippen LogP contribution is -2.01. The predicted molar refractivity (Wildman–Crippen MR) is 83.3 cm³/mol. The number of nitrogens with zero attached hydrogens (tertiary/aromatic N) is 3. The molecule has 0 aliphatic heterocycles. The zero-order valence-corrected chi connectivity index (χ0v) is 12.0. The van der Waals surface area contributed by atoms with Gasteiger partial charge in [-0.3, -0.25) is 5.10 Å². The summed E-state index contributed by atoms with van der Waals surface area (Å²) < 4.78 is 14.7. The summed E-state index contributed by atoms with van der Waals surface area (Å²) in [6.45, 7) is 2.60. The van der Waals surface area contributed by atoms with Gasteiger partial charge in [-0.25, -0.2) is 13.9 Å². The fraction of sp³-hybridized carbons (Fsp3) is 0.125. The number of imidazole rings is 1. The molecule has 0 amide bonds. The van der Waals surface area contributed by atoms with Crippen molar-refractivity contribution >= 4 is 22.8 Å². The lowest BCUT2D eigenvalue weighted by Gasteiger charge is -2.02. The van der Waals surface area contributed by atoms with E-state index in [1.54, 1.807) is 12.1 Å². The van der Waals surface area contributed by atoms with Gasteiger partial charge in [0, 0.05) is 6.54 Å². The van der Waals surface area contributed by atoms with Gasteiger partial charge in [0.25, 0.3) is 5.78 Å². The quantitative estimate of drug-likeness (QED) is 0.610. The minimum absolute atomic E-state index is 0.234. The van der Waals surface area contributed by atoms with Crippen molar-refractivity contribution in [2.45, 2.75) is 13.5 Å². The molecule has 0 atom stereocenters. The number of aromatic amines is 1. The number of benzene rings is 2. The standard InChI is InChI=1S/C16H14FN5/c1-10-2-7-14-13(8-10)19-16-20-15(21-22(14)16)18-9-11-3-5-12(17)6-4-11/h2-8H,9H2,1H3,(H2,18,19,20,21). The van der Waals surface area contributed by atoms with Crippen LogP contribution in [-0.4, -0.2) is 19.6 Å². The molecule has 110 valence electrons. The fourth-order valence-corrected chi connectivity index (χ4v) is 2.46. The van der Waals surface area contributed by atoms with Crippen molar-refractivity contribution in [3.05, 3.63) is 59.4 Å². The third-order valence-electron chi connectivity index (χ3n) is 3.59. The molecule has 0 bridgehead atoms. The highest BCUT2D eigenvalue weighted by molar-refractivity contribution is 5.80. The Kier molecular flexibility index (Phi) is 2.82. The second-order valence-electron chi connectivity index (χ2n) is 5.29. The third-order valence-corrected chi connectivity index (χ3v) is 3.59. The molecule has 0 aliphatic rings. The number of nitrogens with one attached hydrogen (secondary N) is 2. The van der Waals surface area contributed by atoms with Gasteiger partial charge in [0.05, 0.1) is 11.0 Å². The van der Waals surface area contributed by atoms with Gasteiger partial charge in [-0.1, -0.05) is 18.2 Å². The van der Waals surface area contributed by atoms with Gasteiger partial charge in [-0.2, -0.15) is 4.98 Å². The summed E-state index contributed by atoms with van der Waals surface area (Å²) in [6.07, 6.45) is 0. The van der Waals surface area contributed by atoms with E-state index in [0.29, 0.717) is 18.3 Å². The Labute approximate surface area is 125 Å². The van der Waals surface area contributed by atoms with Crippen LogP contribution in [0, 0.1) is 12.7 Å². The Bertz CT molecular complexity index is 952. The van der Waals surface area contributed by atoms with E-state index in [0.717, 1.165) is 16.6 Å². The van der Waals surface area contributed by atoms with Crippen LogP contribution in [0.15, 0.2) is 42.5 Å². The number of H-pyrrole nitrogens is 1. The summed E-state index contributed by atoms with van der Waals surface area (Å²) >= 11 is 0. The van der Waals surface area contributed by atoms with E-state index in [9.17, 15) is 4.39 Å². The highest BCUT2D eigenvalue weighted by Crippen LogP contribution is 2.18. The molecule has 0 saturated heterocycles. The Morgan fingerprint density at radius 2 is 1.95 bits per heavy atom. The van der Waals surface area contributed by atoms with Gasteiger partial charge in [0.15, 0.2) is 0 Å². The lowest BCUT2D eigenvalue weighted by molar-refractivity contribution is 0.627. The summed E-state index contributed by atoms with van der Waals surface area (Å²) in [4.78, 5) is 8.92. The van der Waals surface area contributed by atoms with E-state index in [-0.39, 0.29) is 5.82 Å². The average molecular weight is 295 g/mol. The Balaban J connectivity index is 1.61. The molecule has 2 N–H and O–H groups in total. The minimum Gasteiger partial charge on any atom is -0.351 e. The second-order valence-corrected chi connectivity index (χ2v) is 5.29. The number of halogens is 1. The number of hydrogen-bond acceptors (Lipinski definition) is 3. The predicted octanol–water partition coefficient (Wildman–Crippen LogP) is 3.27. The maximum Gasteiger partial charge on any atom is 0.253 e. The maximum absolute atomic E-state index is 12.9. The van der Waals surface area contributed by atoms with Crippen LogP contribution in [0.4, 0.5) is 10.3 Å². The molecule has 2 aromatic carbocycles. The molecular weight excluding hydrogens is 281 g/mol. The molecule has 4 rings (SSSR count). The Hall–Kier alpha value is -2.89. The number of aromatic nitrogens is 4. The van der Waals surface area contributed by atoms with E-state index >= 15 is 0 Å². The number of aryl methyl sites for hydroxylation is 1. The number of rotatable bonds is 3. The first-order valence-electron chi connectivity index (χ1n) is 7.02. The number of fused-ring (bicyclic) bond motifs is 3. The van der Waals surface area contributed by atoms with Crippen LogP contribution < -0.4 is 5.32 Å². The molecule has 0 unspecified atom stereocenters. The fourth-order valence-electron chi connectivity index (χ4n) is 2.46. The van der Waals surface area contributed by atoms with Crippen molar-refractivity contribution in [3.63, 3.8) is 0 Å². The topological polar surface area (TPSA) is 58.0 Å². The van der Waals surface area contributed by atoms with Crippen LogP contribution in [0.5, 0.6) is 0 Å². The van der Waals surface area contributed by atoms with Crippen molar-refractivity contribution in [3.8, 4) is 0 Å². The van der Waals surface area contributed by atoms with Crippen molar-refractivity contribution in [2.24, 2.45) is 0 Å². The highest BCUT2D eigenvalue weighted by atomic mass is 19.1. The van der Waals surface area contributed by atoms with E-state index in [1.165, 1.54) is 17.7 Å². The molecule has 4 aromatic rings. The van der Waals surface area contributed by atoms with Crippen LogP contribution in [0.3, 0.4) is 0 Å². The SMILES string of the molecule is Cc1ccc2c(c1)nc1nc(NCc3ccc(F)cc3)[nH]n12. The molecule has 2 heterocycles. The first-order valence-corrected chi connectivity index (χ1v) is 7.02. The second kappa shape index (κ2) is 4.84. The maximum atomic E-state index is 12.9. The summed E-state index contributed by atoms with van der Waals surface area (Å²) in [7, 11) is 0. The molecule has 0 saturated carbocycles. The van der Waals surface area contributed by atoms with E-state index in [4.69, 9.17) is 0 Å². The molecule has 22 heavy (non-hydrogen) atoms. The number of hydrogen-bond donors (Lipinski definition) is 2. The van der Waals surface area contributed by atoms with Gasteiger partial charge >= 0.3 is 0 Å². The van der Waals surface area contributed by atoms with Crippen LogP contribution in [-0.2, 0) is 6.54 Å². The normalized spacial score (nSPS) is 11.4. The molecular formula is C16H14FN5. The monoisotopic (exact) mass is 295 g/mol. The number of anilines is 1. The van der Waals surface area contributed by atoms with Gasteiger partial charge in [-0.15, -0.1) is 0 Å². The van der Waals surface area contributed by atoms with Crippen LogP contribution in [0.2, 0.25) is 0 Å². The summed E-state index contributed by atoms with van der Waals surface area (Å²) in [5, 5.41) is 6.36. The van der Waals surface area contributed by atoms with Gasteiger partial charge in [-0.05, 0) is 42.3 Å².